The molecule has 5 heteroatoms. The van der Waals surface area contributed by atoms with E-state index >= 15 is 0 Å². The van der Waals surface area contributed by atoms with E-state index in [2.05, 4.69) is 16.8 Å². The average Bonchev–Trinajstić information content (AvgIpc) is 2.20. The Morgan fingerprint density at radius 1 is 1.67 bits per heavy atom. The van der Waals surface area contributed by atoms with Gasteiger partial charge in [-0.05, 0) is 6.07 Å². The fourth-order valence-corrected chi connectivity index (χ4v) is 0.973. The van der Waals surface area contributed by atoms with E-state index in [1.807, 2.05) is 0 Å². The van der Waals surface area contributed by atoms with Gasteiger partial charge in [0.1, 0.15) is 5.56 Å². The van der Waals surface area contributed by atoms with Gasteiger partial charge in [0.15, 0.2) is 0 Å². The molecule has 0 radical (unpaired) electrons. The van der Waals surface area contributed by atoms with Crippen molar-refractivity contribution in [2.75, 3.05) is 5.88 Å². The zero-order valence-electron chi connectivity index (χ0n) is 7.63. The first-order chi connectivity index (χ1) is 7.15. The predicted molar refractivity (Wildman–Crippen MR) is 53.4 cm³/mol. The lowest BCUT2D eigenvalue weighted by Gasteiger charge is -1.96. The Morgan fingerprint density at radius 2 is 2.40 bits per heavy atom. The summed E-state index contributed by atoms with van der Waals surface area (Å²) in [6, 6.07) is 1.14. The summed E-state index contributed by atoms with van der Waals surface area (Å²) in [5.74, 6) is 3.37. The molecule has 0 aromatic carbocycles. The lowest BCUT2D eigenvalue weighted by atomic mass is 10.2. The standard InChI is InChI=1S/C10H7ClFNO2/c11-4-2-1-3-7-5-8(10(14)15)9(12)13-6-7/h5-6H,2,4H2,(H,14,15). The minimum Gasteiger partial charge on any atom is -0.478 e. The first-order valence-electron chi connectivity index (χ1n) is 4.09. The number of carboxylic acids is 1. The molecule has 0 saturated heterocycles. The zero-order chi connectivity index (χ0) is 11.3. The molecule has 1 heterocycles. The zero-order valence-corrected chi connectivity index (χ0v) is 8.38. The van der Waals surface area contributed by atoms with Crippen LogP contribution in [0.15, 0.2) is 12.3 Å². The van der Waals surface area contributed by atoms with Crippen LogP contribution in [0.4, 0.5) is 4.39 Å². The number of rotatable bonds is 2. The molecule has 0 bridgehead atoms. The molecular weight excluding hydrogens is 221 g/mol. The Morgan fingerprint density at radius 3 is 3.00 bits per heavy atom. The fourth-order valence-electron chi connectivity index (χ4n) is 0.878. The molecule has 0 aliphatic carbocycles. The summed E-state index contributed by atoms with van der Waals surface area (Å²) in [6.07, 6.45) is 1.67. The van der Waals surface area contributed by atoms with Crippen molar-refractivity contribution in [2.45, 2.75) is 6.42 Å². The number of hydrogen-bond acceptors (Lipinski definition) is 2. The first-order valence-corrected chi connectivity index (χ1v) is 4.62. The van der Waals surface area contributed by atoms with Gasteiger partial charge in [-0.3, -0.25) is 0 Å². The Balaban J connectivity index is 2.99. The van der Waals surface area contributed by atoms with E-state index < -0.39 is 17.5 Å². The van der Waals surface area contributed by atoms with Crippen LogP contribution in [-0.2, 0) is 0 Å². The Labute approximate surface area is 90.9 Å². The number of aromatic carboxylic acids is 1. The fraction of sp³-hybridized carbons (Fsp3) is 0.200. The van der Waals surface area contributed by atoms with E-state index in [0.717, 1.165) is 6.07 Å². The largest absolute Gasteiger partial charge is 0.478 e. The highest BCUT2D eigenvalue weighted by molar-refractivity contribution is 6.18. The van der Waals surface area contributed by atoms with Crippen LogP contribution in [0, 0.1) is 17.8 Å². The number of nitrogens with zero attached hydrogens (tertiary/aromatic N) is 1. The Kier molecular flexibility index (Phi) is 4.07. The van der Waals surface area contributed by atoms with Crippen LogP contribution in [-0.4, -0.2) is 21.9 Å². The quantitative estimate of drug-likeness (QED) is 0.477. The van der Waals surface area contributed by atoms with E-state index in [9.17, 15) is 9.18 Å². The van der Waals surface area contributed by atoms with Crippen LogP contribution in [0.1, 0.15) is 22.3 Å². The molecule has 78 valence electrons. The van der Waals surface area contributed by atoms with Crippen molar-refractivity contribution in [3.63, 3.8) is 0 Å². The number of pyridine rings is 1. The second-order valence-corrected chi connectivity index (χ2v) is 2.99. The number of alkyl halides is 1. The summed E-state index contributed by atoms with van der Waals surface area (Å²) >= 11 is 5.40. The summed E-state index contributed by atoms with van der Waals surface area (Å²) in [5, 5.41) is 8.61. The molecule has 0 aliphatic rings. The molecule has 0 unspecified atom stereocenters. The SMILES string of the molecule is O=C(O)c1cc(C#CCCCl)cnc1F. The summed E-state index contributed by atoms with van der Waals surface area (Å²) in [7, 11) is 0. The maximum Gasteiger partial charge on any atom is 0.340 e. The van der Waals surface area contributed by atoms with Crippen molar-refractivity contribution in [3.8, 4) is 11.8 Å². The summed E-state index contributed by atoms with van der Waals surface area (Å²) in [4.78, 5) is 13.9. The predicted octanol–water partition coefficient (Wildman–Crippen LogP) is 1.90. The van der Waals surface area contributed by atoms with Crippen LogP contribution in [0.25, 0.3) is 0 Å². The van der Waals surface area contributed by atoms with Gasteiger partial charge < -0.3 is 5.11 Å². The summed E-state index contributed by atoms with van der Waals surface area (Å²) < 4.78 is 12.8. The molecular formula is C10H7ClFNO2. The van der Waals surface area contributed by atoms with Gasteiger partial charge in [0.25, 0.3) is 0 Å². The third-order valence-electron chi connectivity index (χ3n) is 1.52. The molecule has 0 aliphatic heterocycles. The van der Waals surface area contributed by atoms with Crippen molar-refractivity contribution in [1.29, 1.82) is 0 Å². The molecule has 3 nitrogen and oxygen atoms in total. The maximum absolute atomic E-state index is 12.8. The molecule has 1 aromatic heterocycles. The molecule has 1 N–H and O–H groups in total. The molecule has 0 atom stereocenters. The minimum atomic E-state index is -1.36. The van der Waals surface area contributed by atoms with Gasteiger partial charge in [0.2, 0.25) is 5.95 Å². The third-order valence-corrected chi connectivity index (χ3v) is 1.71. The van der Waals surface area contributed by atoms with E-state index in [4.69, 9.17) is 16.7 Å². The highest BCUT2D eigenvalue weighted by atomic mass is 35.5. The van der Waals surface area contributed by atoms with Crippen LogP contribution in [0.5, 0.6) is 0 Å². The van der Waals surface area contributed by atoms with Crippen LogP contribution < -0.4 is 0 Å². The smallest absolute Gasteiger partial charge is 0.340 e. The summed E-state index contributed by atoms with van der Waals surface area (Å²) in [5.41, 5.74) is -0.119. The van der Waals surface area contributed by atoms with Gasteiger partial charge in [-0.1, -0.05) is 11.8 Å². The monoisotopic (exact) mass is 227 g/mol. The van der Waals surface area contributed by atoms with E-state index in [-0.39, 0.29) is 0 Å². The minimum absolute atomic E-state index is 0.360. The second-order valence-electron chi connectivity index (χ2n) is 2.61. The van der Waals surface area contributed by atoms with Crippen molar-refractivity contribution in [2.24, 2.45) is 0 Å². The van der Waals surface area contributed by atoms with E-state index in [1.54, 1.807) is 0 Å². The molecule has 1 aromatic rings. The van der Waals surface area contributed by atoms with Gasteiger partial charge in [-0.25, -0.2) is 9.78 Å². The Bertz CT molecular complexity index is 437. The molecule has 15 heavy (non-hydrogen) atoms. The topological polar surface area (TPSA) is 50.2 Å². The first kappa shape index (κ1) is 11.5. The van der Waals surface area contributed by atoms with Gasteiger partial charge in [0, 0.05) is 24.1 Å². The average molecular weight is 228 g/mol. The molecule has 0 spiro atoms. The molecule has 1 rings (SSSR count). The van der Waals surface area contributed by atoms with Crippen molar-refractivity contribution in [3.05, 3.63) is 29.3 Å². The molecule has 0 amide bonds. The van der Waals surface area contributed by atoms with Gasteiger partial charge in [0.05, 0.1) is 0 Å². The lowest BCUT2D eigenvalue weighted by Crippen LogP contribution is -2.03. The van der Waals surface area contributed by atoms with Gasteiger partial charge in [-0.15, -0.1) is 11.6 Å². The normalized spacial score (nSPS) is 9.20. The number of hydrogen-bond donors (Lipinski definition) is 1. The number of aromatic nitrogens is 1. The second kappa shape index (κ2) is 5.32. The molecule has 0 fully saturated rings. The van der Waals surface area contributed by atoms with Crippen LogP contribution >= 0.6 is 11.6 Å². The summed E-state index contributed by atoms with van der Waals surface area (Å²) in [6.45, 7) is 0. The number of carbonyl (C=O) groups is 1. The molecule has 0 saturated carbocycles. The number of carboxylic acid groups (broad SMARTS) is 1. The third kappa shape index (κ3) is 3.22. The van der Waals surface area contributed by atoms with Gasteiger partial charge in [-0.2, -0.15) is 4.39 Å². The van der Waals surface area contributed by atoms with Crippen LogP contribution in [0.3, 0.4) is 0 Å². The highest BCUT2D eigenvalue weighted by Crippen LogP contribution is 2.06. The van der Waals surface area contributed by atoms with Crippen LogP contribution in [0.2, 0.25) is 0 Å². The Hall–Kier alpha value is -1.60. The van der Waals surface area contributed by atoms with Crippen molar-refractivity contribution < 1.29 is 14.3 Å². The van der Waals surface area contributed by atoms with Crippen molar-refractivity contribution in [1.82, 2.24) is 4.98 Å². The van der Waals surface area contributed by atoms with Gasteiger partial charge >= 0.3 is 5.97 Å². The lowest BCUT2D eigenvalue weighted by molar-refractivity contribution is 0.0690. The number of halogens is 2. The van der Waals surface area contributed by atoms with E-state index in [0.29, 0.717) is 17.9 Å². The van der Waals surface area contributed by atoms with E-state index in [1.165, 1.54) is 6.20 Å². The van der Waals surface area contributed by atoms with Crippen molar-refractivity contribution >= 4 is 17.6 Å². The maximum atomic E-state index is 12.8. The highest BCUT2D eigenvalue weighted by Gasteiger charge is 2.11.